The SMILES string of the molecule is COC(=Cc1ccc(OCc2ccccc2)cc1)C(=O)[O-].[K+]. The predicted molar refractivity (Wildman–Crippen MR) is 77.2 cm³/mol. The van der Waals surface area contributed by atoms with Gasteiger partial charge in [-0.3, -0.25) is 0 Å². The van der Waals surface area contributed by atoms with Crippen LogP contribution in [0.15, 0.2) is 60.4 Å². The fraction of sp³-hybridized carbons (Fsp3) is 0.118. The van der Waals surface area contributed by atoms with Gasteiger partial charge in [0.05, 0.1) is 7.11 Å². The third-order valence-corrected chi connectivity index (χ3v) is 2.85. The van der Waals surface area contributed by atoms with Gasteiger partial charge >= 0.3 is 51.4 Å². The minimum atomic E-state index is -1.35. The fourth-order valence-electron chi connectivity index (χ4n) is 1.75. The van der Waals surface area contributed by atoms with Gasteiger partial charge < -0.3 is 19.4 Å². The predicted octanol–water partition coefficient (Wildman–Crippen LogP) is -0.993. The summed E-state index contributed by atoms with van der Waals surface area (Å²) in [5.41, 5.74) is 1.78. The minimum absolute atomic E-state index is 0. The molecule has 0 spiro atoms. The number of methoxy groups -OCH3 is 1. The summed E-state index contributed by atoms with van der Waals surface area (Å²) in [4.78, 5) is 10.7. The van der Waals surface area contributed by atoms with Crippen LogP contribution < -0.4 is 61.2 Å². The second-order valence-electron chi connectivity index (χ2n) is 4.34. The van der Waals surface area contributed by atoms with Crippen LogP contribution in [0.25, 0.3) is 6.08 Å². The van der Waals surface area contributed by atoms with Crippen LogP contribution in [0.2, 0.25) is 0 Å². The molecule has 0 heterocycles. The number of ether oxygens (including phenoxy) is 2. The number of aliphatic carboxylic acids is 1. The van der Waals surface area contributed by atoms with Gasteiger partial charge in [-0.05, 0) is 29.3 Å². The molecular weight excluding hydrogens is 307 g/mol. The number of carbonyl (C=O) groups excluding carboxylic acids is 1. The van der Waals surface area contributed by atoms with Gasteiger partial charge in [0.25, 0.3) is 0 Å². The van der Waals surface area contributed by atoms with Crippen LogP contribution in [0.3, 0.4) is 0 Å². The Kier molecular flexibility index (Phi) is 8.45. The third kappa shape index (κ3) is 5.94. The molecular formula is C17H15KO4. The van der Waals surface area contributed by atoms with Crippen molar-refractivity contribution in [1.29, 1.82) is 0 Å². The minimum Gasteiger partial charge on any atom is -0.542 e. The zero-order valence-electron chi connectivity index (χ0n) is 12.6. The first-order chi connectivity index (χ1) is 10.2. The number of carboxylic acids is 1. The van der Waals surface area contributed by atoms with Crippen LogP contribution >= 0.6 is 0 Å². The number of rotatable bonds is 6. The first-order valence-electron chi connectivity index (χ1n) is 6.43. The van der Waals surface area contributed by atoms with Crippen molar-refractivity contribution in [2.45, 2.75) is 6.61 Å². The van der Waals surface area contributed by atoms with Crippen LogP contribution in [0, 0.1) is 0 Å². The molecule has 5 heteroatoms. The quantitative estimate of drug-likeness (QED) is 0.389. The Morgan fingerprint density at radius 1 is 1.09 bits per heavy atom. The number of carbonyl (C=O) groups is 1. The number of benzene rings is 2. The second-order valence-corrected chi connectivity index (χ2v) is 4.34. The Hall–Kier alpha value is -1.11. The van der Waals surface area contributed by atoms with Crippen molar-refractivity contribution in [3.63, 3.8) is 0 Å². The molecule has 0 saturated carbocycles. The van der Waals surface area contributed by atoms with Crippen LogP contribution in [-0.4, -0.2) is 13.1 Å². The number of hydrogen-bond donors (Lipinski definition) is 0. The van der Waals surface area contributed by atoms with E-state index in [-0.39, 0.29) is 57.1 Å². The van der Waals surface area contributed by atoms with Gasteiger partial charge in [-0.2, -0.15) is 0 Å². The van der Waals surface area contributed by atoms with Gasteiger partial charge in [0, 0.05) is 0 Å². The average molecular weight is 322 g/mol. The molecule has 108 valence electrons. The summed E-state index contributed by atoms with van der Waals surface area (Å²) < 4.78 is 10.4. The van der Waals surface area contributed by atoms with Gasteiger partial charge in [-0.15, -0.1) is 0 Å². The molecule has 22 heavy (non-hydrogen) atoms. The summed E-state index contributed by atoms with van der Waals surface area (Å²) in [6.45, 7) is 0.485. The molecule has 0 radical (unpaired) electrons. The molecule has 0 aromatic heterocycles. The topological polar surface area (TPSA) is 58.6 Å². The average Bonchev–Trinajstić information content (AvgIpc) is 2.52. The van der Waals surface area contributed by atoms with Crippen LogP contribution in [0.5, 0.6) is 5.75 Å². The van der Waals surface area contributed by atoms with E-state index in [9.17, 15) is 9.90 Å². The molecule has 4 nitrogen and oxygen atoms in total. The zero-order chi connectivity index (χ0) is 15.1. The molecule has 2 rings (SSSR count). The Bertz CT molecular complexity index is 621. The Morgan fingerprint density at radius 3 is 2.27 bits per heavy atom. The van der Waals surface area contributed by atoms with E-state index >= 15 is 0 Å². The van der Waals surface area contributed by atoms with E-state index in [2.05, 4.69) is 0 Å². The standard InChI is InChI=1S/C17H16O4.K/c1-20-16(17(18)19)11-13-7-9-15(10-8-13)21-12-14-5-3-2-4-6-14;/h2-11H,12H2,1H3,(H,18,19);/q;+1/p-1. The summed E-state index contributed by atoms with van der Waals surface area (Å²) in [5, 5.41) is 10.7. The molecule has 0 aliphatic rings. The summed E-state index contributed by atoms with van der Waals surface area (Å²) in [5.74, 6) is -0.849. The molecule has 2 aromatic rings. The van der Waals surface area contributed by atoms with Gasteiger partial charge in [0.1, 0.15) is 24.1 Å². The smallest absolute Gasteiger partial charge is 0.542 e. The molecule has 0 unspecified atom stereocenters. The van der Waals surface area contributed by atoms with Crippen molar-refractivity contribution in [3.05, 3.63) is 71.5 Å². The van der Waals surface area contributed by atoms with Crippen molar-refractivity contribution >= 4 is 12.0 Å². The summed E-state index contributed by atoms with van der Waals surface area (Å²) in [7, 11) is 1.29. The molecule has 0 saturated heterocycles. The van der Waals surface area contributed by atoms with E-state index in [1.807, 2.05) is 30.3 Å². The fourth-order valence-corrected chi connectivity index (χ4v) is 1.75. The molecule has 2 aromatic carbocycles. The van der Waals surface area contributed by atoms with E-state index in [0.29, 0.717) is 17.9 Å². The maximum atomic E-state index is 10.7. The van der Waals surface area contributed by atoms with Gasteiger partial charge in [-0.25, -0.2) is 0 Å². The summed E-state index contributed by atoms with van der Waals surface area (Å²) in [6.07, 6.45) is 1.40. The van der Waals surface area contributed by atoms with Crippen molar-refractivity contribution in [2.75, 3.05) is 7.11 Å². The zero-order valence-corrected chi connectivity index (χ0v) is 15.7. The maximum Gasteiger partial charge on any atom is 1.00 e. The molecule has 0 atom stereocenters. The van der Waals surface area contributed by atoms with Crippen LogP contribution in [0.1, 0.15) is 11.1 Å². The second kappa shape index (κ2) is 9.81. The van der Waals surface area contributed by atoms with E-state index in [1.165, 1.54) is 13.2 Å². The normalized spacial score (nSPS) is 10.5. The first-order valence-corrected chi connectivity index (χ1v) is 6.43. The molecule has 0 aliphatic heterocycles. The first kappa shape index (κ1) is 18.9. The number of hydrogen-bond acceptors (Lipinski definition) is 4. The Balaban J connectivity index is 0.00000242. The van der Waals surface area contributed by atoms with Gasteiger partial charge in [0.2, 0.25) is 0 Å². The molecule has 0 aliphatic carbocycles. The van der Waals surface area contributed by atoms with E-state index in [1.54, 1.807) is 24.3 Å². The molecule has 0 fully saturated rings. The monoisotopic (exact) mass is 322 g/mol. The summed E-state index contributed by atoms with van der Waals surface area (Å²) >= 11 is 0. The molecule has 0 bridgehead atoms. The maximum absolute atomic E-state index is 10.7. The largest absolute Gasteiger partial charge is 1.00 e. The van der Waals surface area contributed by atoms with Crippen LogP contribution in [-0.2, 0) is 16.1 Å². The third-order valence-electron chi connectivity index (χ3n) is 2.85. The van der Waals surface area contributed by atoms with Gasteiger partial charge in [0.15, 0.2) is 0 Å². The van der Waals surface area contributed by atoms with Crippen molar-refractivity contribution < 1.29 is 70.8 Å². The van der Waals surface area contributed by atoms with Gasteiger partial charge in [-0.1, -0.05) is 42.5 Å². The molecule has 0 N–H and O–H groups in total. The van der Waals surface area contributed by atoms with E-state index in [4.69, 9.17) is 9.47 Å². The molecule has 0 amide bonds. The van der Waals surface area contributed by atoms with Crippen molar-refractivity contribution in [2.24, 2.45) is 0 Å². The van der Waals surface area contributed by atoms with Crippen molar-refractivity contribution in [3.8, 4) is 5.75 Å². The number of carboxylic acid groups (broad SMARTS) is 1. The Morgan fingerprint density at radius 2 is 1.73 bits per heavy atom. The van der Waals surface area contributed by atoms with E-state index in [0.717, 1.165) is 5.56 Å². The summed E-state index contributed by atoms with van der Waals surface area (Å²) in [6, 6.07) is 16.9. The van der Waals surface area contributed by atoms with Crippen LogP contribution in [0.4, 0.5) is 0 Å². The Labute approximate surface area is 172 Å². The van der Waals surface area contributed by atoms with Crippen molar-refractivity contribution in [1.82, 2.24) is 0 Å². The van der Waals surface area contributed by atoms with E-state index < -0.39 is 5.97 Å².